The van der Waals surface area contributed by atoms with Gasteiger partial charge < -0.3 is 19.6 Å². The highest BCUT2D eigenvalue weighted by molar-refractivity contribution is 5.95. The molecule has 5 nitrogen and oxygen atoms in total. The van der Waals surface area contributed by atoms with Crippen LogP contribution in [0.15, 0.2) is 18.2 Å². The van der Waals surface area contributed by atoms with Crippen molar-refractivity contribution in [1.82, 2.24) is 9.80 Å². The Hall–Kier alpha value is -1.59. The van der Waals surface area contributed by atoms with E-state index in [1.165, 1.54) is 0 Å². The van der Waals surface area contributed by atoms with Crippen LogP contribution in [0.1, 0.15) is 22.3 Å². The number of likely N-dealkylation sites (tertiary alicyclic amines) is 1. The first kappa shape index (κ1) is 14.4. The fraction of sp³-hybridized carbons (Fsp3) is 0.562. The number of amides is 1. The third kappa shape index (κ3) is 2.89. The van der Waals surface area contributed by atoms with Gasteiger partial charge in [0.1, 0.15) is 5.75 Å². The Balaban J connectivity index is 1.80. The van der Waals surface area contributed by atoms with Crippen molar-refractivity contribution >= 4 is 5.91 Å². The van der Waals surface area contributed by atoms with Gasteiger partial charge >= 0.3 is 0 Å². The summed E-state index contributed by atoms with van der Waals surface area (Å²) in [6.07, 6.45) is 1.09. The molecule has 0 saturated carbocycles. The zero-order valence-corrected chi connectivity index (χ0v) is 12.6. The molecule has 1 saturated heterocycles. The highest BCUT2D eigenvalue weighted by Gasteiger charge is 2.35. The smallest absolute Gasteiger partial charge is 0.254 e. The Morgan fingerprint density at radius 3 is 3.05 bits per heavy atom. The summed E-state index contributed by atoms with van der Waals surface area (Å²) in [4.78, 5) is 16.6. The maximum Gasteiger partial charge on any atom is 0.254 e. The number of aliphatic hydroxyl groups is 1. The van der Waals surface area contributed by atoms with E-state index >= 15 is 0 Å². The highest BCUT2D eigenvalue weighted by Crippen LogP contribution is 2.28. The largest absolute Gasteiger partial charge is 0.493 e. The minimum Gasteiger partial charge on any atom is -0.493 e. The van der Waals surface area contributed by atoms with E-state index in [0.29, 0.717) is 25.1 Å². The Morgan fingerprint density at radius 1 is 1.48 bits per heavy atom. The molecule has 2 atom stereocenters. The molecule has 1 N–H and O–H groups in total. The van der Waals surface area contributed by atoms with E-state index in [4.69, 9.17) is 4.74 Å². The van der Waals surface area contributed by atoms with Crippen LogP contribution in [0.5, 0.6) is 5.75 Å². The lowest BCUT2D eigenvalue weighted by molar-refractivity contribution is 0.0699. The van der Waals surface area contributed by atoms with Crippen molar-refractivity contribution in [2.75, 3.05) is 33.8 Å². The highest BCUT2D eigenvalue weighted by atomic mass is 16.5. The van der Waals surface area contributed by atoms with E-state index in [1.807, 2.05) is 37.2 Å². The van der Waals surface area contributed by atoms with Crippen LogP contribution in [0.4, 0.5) is 0 Å². The second-order valence-corrected chi connectivity index (χ2v) is 6.18. The molecule has 0 radical (unpaired) electrons. The number of aliphatic hydroxyl groups excluding tert-OH is 1. The van der Waals surface area contributed by atoms with Crippen LogP contribution in [0.25, 0.3) is 0 Å². The molecule has 0 aliphatic carbocycles. The maximum atomic E-state index is 12.7. The third-order valence-corrected chi connectivity index (χ3v) is 4.17. The van der Waals surface area contributed by atoms with Gasteiger partial charge in [0, 0.05) is 31.1 Å². The average Bonchev–Trinajstić information content (AvgIpc) is 3.02. The Kier molecular flexibility index (Phi) is 3.87. The van der Waals surface area contributed by atoms with Gasteiger partial charge in [0.2, 0.25) is 0 Å². The molecule has 1 amide bonds. The van der Waals surface area contributed by atoms with Crippen LogP contribution in [-0.2, 0) is 6.42 Å². The zero-order valence-electron chi connectivity index (χ0n) is 12.6. The molecule has 0 bridgehead atoms. The van der Waals surface area contributed by atoms with E-state index in [0.717, 1.165) is 24.3 Å². The second-order valence-electron chi connectivity index (χ2n) is 6.18. The van der Waals surface area contributed by atoms with Gasteiger partial charge in [-0.05, 0) is 44.3 Å². The van der Waals surface area contributed by atoms with Gasteiger partial charge in [0.25, 0.3) is 5.91 Å². The predicted molar refractivity (Wildman–Crippen MR) is 79.6 cm³/mol. The minimum atomic E-state index is -0.420. The summed E-state index contributed by atoms with van der Waals surface area (Å²) < 4.78 is 5.48. The second kappa shape index (κ2) is 5.66. The number of benzene rings is 1. The summed E-state index contributed by atoms with van der Waals surface area (Å²) in [6, 6.07) is 5.71. The van der Waals surface area contributed by atoms with Gasteiger partial charge in [-0.3, -0.25) is 4.79 Å². The van der Waals surface area contributed by atoms with Crippen molar-refractivity contribution in [3.05, 3.63) is 29.3 Å². The van der Waals surface area contributed by atoms with Crippen molar-refractivity contribution in [2.24, 2.45) is 0 Å². The summed E-state index contributed by atoms with van der Waals surface area (Å²) in [7, 11) is 3.97. The number of ether oxygens (including phenoxy) is 1. The molecule has 2 aliphatic heterocycles. The van der Waals surface area contributed by atoms with Gasteiger partial charge in [0.15, 0.2) is 0 Å². The van der Waals surface area contributed by atoms with Gasteiger partial charge in [0.05, 0.1) is 12.7 Å². The van der Waals surface area contributed by atoms with E-state index in [2.05, 4.69) is 4.90 Å². The van der Waals surface area contributed by atoms with Crippen LogP contribution in [-0.4, -0.2) is 66.8 Å². The lowest BCUT2D eigenvalue weighted by atomic mass is 10.1. The molecular weight excluding hydrogens is 268 g/mol. The molecule has 2 unspecified atom stereocenters. The van der Waals surface area contributed by atoms with Crippen molar-refractivity contribution < 1.29 is 14.6 Å². The molecular formula is C16H22N2O3. The lowest BCUT2D eigenvalue weighted by Crippen LogP contribution is -2.41. The van der Waals surface area contributed by atoms with Crippen molar-refractivity contribution in [3.8, 4) is 5.75 Å². The van der Waals surface area contributed by atoms with Crippen LogP contribution in [0, 0.1) is 0 Å². The predicted octanol–water partition coefficient (Wildman–Crippen LogP) is 0.758. The van der Waals surface area contributed by atoms with E-state index in [1.54, 1.807) is 0 Å². The molecule has 1 fully saturated rings. The average molecular weight is 290 g/mol. The fourth-order valence-electron chi connectivity index (χ4n) is 3.22. The van der Waals surface area contributed by atoms with E-state index in [-0.39, 0.29) is 11.9 Å². The fourth-order valence-corrected chi connectivity index (χ4v) is 3.22. The molecule has 114 valence electrons. The number of rotatable bonds is 3. The number of carbonyl (C=O) groups is 1. The first-order chi connectivity index (χ1) is 10.0. The molecule has 5 heteroatoms. The first-order valence-electron chi connectivity index (χ1n) is 7.44. The summed E-state index contributed by atoms with van der Waals surface area (Å²) in [5.74, 6) is 0.894. The summed E-state index contributed by atoms with van der Waals surface area (Å²) >= 11 is 0. The topological polar surface area (TPSA) is 53.0 Å². The quantitative estimate of drug-likeness (QED) is 0.893. The third-order valence-electron chi connectivity index (χ3n) is 4.17. The van der Waals surface area contributed by atoms with Gasteiger partial charge in [-0.1, -0.05) is 0 Å². The van der Waals surface area contributed by atoms with E-state index in [9.17, 15) is 9.90 Å². The maximum absolute atomic E-state index is 12.7. The molecule has 2 aliphatic rings. The van der Waals surface area contributed by atoms with Crippen molar-refractivity contribution in [2.45, 2.75) is 25.0 Å². The SMILES string of the molecule is CN(C)CC1CC(O)CN1C(=O)c1ccc2c(c1)CCO2. The Labute approximate surface area is 125 Å². The molecule has 0 aromatic heterocycles. The summed E-state index contributed by atoms with van der Waals surface area (Å²) in [6.45, 7) is 1.89. The molecule has 3 rings (SSSR count). The zero-order chi connectivity index (χ0) is 15.0. The number of hydrogen-bond donors (Lipinski definition) is 1. The van der Waals surface area contributed by atoms with Crippen LogP contribution in [0.2, 0.25) is 0 Å². The number of carbonyl (C=O) groups excluding carboxylic acids is 1. The van der Waals surface area contributed by atoms with Crippen LogP contribution >= 0.6 is 0 Å². The molecule has 1 aromatic rings. The van der Waals surface area contributed by atoms with Crippen molar-refractivity contribution in [1.29, 1.82) is 0 Å². The Bertz CT molecular complexity index is 544. The Morgan fingerprint density at radius 2 is 2.29 bits per heavy atom. The van der Waals surface area contributed by atoms with E-state index < -0.39 is 6.10 Å². The first-order valence-corrected chi connectivity index (χ1v) is 7.44. The van der Waals surface area contributed by atoms with Gasteiger partial charge in [-0.15, -0.1) is 0 Å². The molecule has 1 aromatic carbocycles. The summed E-state index contributed by atoms with van der Waals surface area (Å²) in [5.41, 5.74) is 1.79. The number of hydrogen-bond acceptors (Lipinski definition) is 4. The van der Waals surface area contributed by atoms with Gasteiger partial charge in [-0.2, -0.15) is 0 Å². The standard InChI is InChI=1S/C16H22N2O3/c1-17(2)9-13-8-14(19)10-18(13)16(20)12-3-4-15-11(7-12)5-6-21-15/h3-4,7,13-14,19H,5-6,8-10H2,1-2H3. The number of nitrogens with zero attached hydrogens (tertiary/aromatic N) is 2. The molecule has 2 heterocycles. The van der Waals surface area contributed by atoms with Crippen LogP contribution in [0.3, 0.4) is 0 Å². The molecule has 21 heavy (non-hydrogen) atoms. The van der Waals surface area contributed by atoms with Crippen molar-refractivity contribution in [3.63, 3.8) is 0 Å². The monoisotopic (exact) mass is 290 g/mol. The number of fused-ring (bicyclic) bond motifs is 1. The van der Waals surface area contributed by atoms with Crippen LogP contribution < -0.4 is 4.74 Å². The molecule has 0 spiro atoms. The minimum absolute atomic E-state index is 0.00750. The lowest BCUT2D eigenvalue weighted by Gasteiger charge is -2.27. The van der Waals surface area contributed by atoms with Gasteiger partial charge in [-0.25, -0.2) is 0 Å². The number of β-amino-alcohol motifs (C(OH)–C–C–N with tert-alkyl or cyclic N) is 1. The normalized spacial score (nSPS) is 24.3. The summed E-state index contributed by atoms with van der Waals surface area (Å²) in [5, 5.41) is 9.90. The number of likely N-dealkylation sites (N-methyl/N-ethyl adjacent to an activating group) is 1.